The molecule has 0 radical (unpaired) electrons. The van der Waals surface area contributed by atoms with Gasteiger partial charge in [-0.1, -0.05) is 0 Å². The minimum atomic E-state index is -0.101. The number of rotatable bonds is 3. The molecule has 0 aliphatic heterocycles. The molecule has 0 spiro atoms. The van der Waals surface area contributed by atoms with E-state index in [4.69, 9.17) is 5.73 Å². The average Bonchev–Trinajstić information content (AvgIpc) is 2.17. The standard InChI is InChI=1S/C10H15N3O/c1-7(2)13-10(14)8-3-4-9(5-11)12-6-8/h3-4,6-7H,5,11H2,1-2H3,(H,13,14). The summed E-state index contributed by atoms with van der Waals surface area (Å²) >= 11 is 0. The van der Waals surface area contributed by atoms with Crippen LogP contribution in [0.2, 0.25) is 0 Å². The Bertz CT molecular complexity index is 306. The maximum Gasteiger partial charge on any atom is 0.253 e. The number of pyridine rings is 1. The Hall–Kier alpha value is -1.42. The molecule has 1 heterocycles. The summed E-state index contributed by atoms with van der Waals surface area (Å²) in [6.45, 7) is 4.23. The van der Waals surface area contributed by atoms with Crippen LogP contribution in [0.15, 0.2) is 18.3 Å². The highest BCUT2D eigenvalue weighted by molar-refractivity contribution is 5.93. The highest BCUT2D eigenvalue weighted by atomic mass is 16.1. The van der Waals surface area contributed by atoms with Crippen LogP contribution in [0, 0.1) is 0 Å². The van der Waals surface area contributed by atoms with E-state index in [-0.39, 0.29) is 11.9 Å². The van der Waals surface area contributed by atoms with E-state index in [1.165, 1.54) is 0 Å². The smallest absolute Gasteiger partial charge is 0.253 e. The minimum Gasteiger partial charge on any atom is -0.350 e. The van der Waals surface area contributed by atoms with Gasteiger partial charge in [-0.2, -0.15) is 0 Å². The van der Waals surface area contributed by atoms with E-state index in [1.54, 1.807) is 18.3 Å². The van der Waals surface area contributed by atoms with Crippen molar-refractivity contribution in [3.8, 4) is 0 Å². The number of hydrogen-bond donors (Lipinski definition) is 2. The van der Waals surface area contributed by atoms with Gasteiger partial charge in [-0.3, -0.25) is 9.78 Å². The molecule has 1 rings (SSSR count). The summed E-state index contributed by atoms with van der Waals surface area (Å²) in [5, 5.41) is 2.79. The number of nitrogens with two attached hydrogens (primary N) is 1. The number of nitrogens with one attached hydrogen (secondary N) is 1. The molecule has 0 atom stereocenters. The SMILES string of the molecule is CC(C)NC(=O)c1ccc(CN)nc1. The Morgan fingerprint density at radius 3 is 2.71 bits per heavy atom. The van der Waals surface area contributed by atoms with E-state index in [9.17, 15) is 4.79 Å². The van der Waals surface area contributed by atoms with E-state index in [0.29, 0.717) is 12.1 Å². The molecule has 0 bridgehead atoms. The van der Waals surface area contributed by atoms with E-state index in [1.807, 2.05) is 13.8 Å². The number of carbonyl (C=O) groups is 1. The van der Waals surface area contributed by atoms with Crippen LogP contribution in [0.1, 0.15) is 29.9 Å². The molecular formula is C10H15N3O. The van der Waals surface area contributed by atoms with Crippen molar-refractivity contribution < 1.29 is 4.79 Å². The first-order valence-corrected chi connectivity index (χ1v) is 4.59. The van der Waals surface area contributed by atoms with Crippen LogP contribution >= 0.6 is 0 Å². The minimum absolute atomic E-state index is 0.101. The molecule has 14 heavy (non-hydrogen) atoms. The Morgan fingerprint density at radius 1 is 1.57 bits per heavy atom. The third kappa shape index (κ3) is 2.81. The third-order valence-electron chi connectivity index (χ3n) is 1.72. The molecule has 1 aromatic heterocycles. The number of aromatic nitrogens is 1. The first kappa shape index (κ1) is 10.7. The zero-order chi connectivity index (χ0) is 10.6. The molecule has 0 unspecified atom stereocenters. The Kier molecular flexibility index (Phi) is 3.59. The van der Waals surface area contributed by atoms with Crippen LogP contribution in [-0.2, 0) is 6.54 Å². The molecule has 0 fully saturated rings. The summed E-state index contributed by atoms with van der Waals surface area (Å²) < 4.78 is 0. The number of hydrogen-bond acceptors (Lipinski definition) is 3. The van der Waals surface area contributed by atoms with Gasteiger partial charge in [0, 0.05) is 18.8 Å². The molecule has 4 heteroatoms. The van der Waals surface area contributed by atoms with Gasteiger partial charge in [-0.05, 0) is 26.0 Å². The summed E-state index contributed by atoms with van der Waals surface area (Å²) in [4.78, 5) is 15.5. The first-order valence-electron chi connectivity index (χ1n) is 4.59. The average molecular weight is 193 g/mol. The zero-order valence-electron chi connectivity index (χ0n) is 8.45. The van der Waals surface area contributed by atoms with Gasteiger partial charge in [0.25, 0.3) is 5.91 Å². The largest absolute Gasteiger partial charge is 0.350 e. The van der Waals surface area contributed by atoms with Gasteiger partial charge in [0.2, 0.25) is 0 Å². The normalized spacial score (nSPS) is 10.3. The van der Waals surface area contributed by atoms with Crippen molar-refractivity contribution in [1.82, 2.24) is 10.3 Å². The lowest BCUT2D eigenvalue weighted by Gasteiger charge is -2.07. The molecule has 4 nitrogen and oxygen atoms in total. The maximum atomic E-state index is 11.5. The van der Waals surface area contributed by atoms with Crippen LogP contribution in [0.4, 0.5) is 0 Å². The summed E-state index contributed by atoms with van der Waals surface area (Å²) in [6, 6.07) is 3.62. The quantitative estimate of drug-likeness (QED) is 0.741. The summed E-state index contributed by atoms with van der Waals surface area (Å²) in [5.41, 5.74) is 6.74. The fourth-order valence-corrected chi connectivity index (χ4v) is 1.03. The summed E-state index contributed by atoms with van der Waals surface area (Å²) in [6.07, 6.45) is 1.54. The second kappa shape index (κ2) is 4.72. The predicted molar refractivity (Wildman–Crippen MR) is 54.7 cm³/mol. The monoisotopic (exact) mass is 193 g/mol. The maximum absolute atomic E-state index is 11.5. The zero-order valence-corrected chi connectivity index (χ0v) is 8.45. The Labute approximate surface area is 83.5 Å². The van der Waals surface area contributed by atoms with Crippen LogP contribution in [0.25, 0.3) is 0 Å². The van der Waals surface area contributed by atoms with E-state index >= 15 is 0 Å². The third-order valence-corrected chi connectivity index (χ3v) is 1.72. The molecule has 1 amide bonds. The van der Waals surface area contributed by atoms with E-state index in [0.717, 1.165) is 5.69 Å². The summed E-state index contributed by atoms with van der Waals surface area (Å²) in [7, 11) is 0. The summed E-state index contributed by atoms with van der Waals surface area (Å²) in [5.74, 6) is -0.101. The molecule has 0 aliphatic carbocycles. The van der Waals surface area contributed by atoms with Gasteiger partial charge in [0.05, 0.1) is 11.3 Å². The van der Waals surface area contributed by atoms with Crippen LogP contribution in [0.5, 0.6) is 0 Å². The fourth-order valence-electron chi connectivity index (χ4n) is 1.03. The number of amides is 1. The van der Waals surface area contributed by atoms with Gasteiger partial charge in [0.1, 0.15) is 0 Å². The van der Waals surface area contributed by atoms with Crippen molar-refractivity contribution in [2.24, 2.45) is 5.73 Å². The van der Waals surface area contributed by atoms with Gasteiger partial charge < -0.3 is 11.1 Å². The molecule has 3 N–H and O–H groups in total. The van der Waals surface area contributed by atoms with Crippen LogP contribution < -0.4 is 11.1 Å². The molecule has 0 saturated heterocycles. The van der Waals surface area contributed by atoms with Gasteiger partial charge in [-0.15, -0.1) is 0 Å². The van der Waals surface area contributed by atoms with Crippen molar-refractivity contribution in [3.63, 3.8) is 0 Å². The van der Waals surface area contributed by atoms with Gasteiger partial charge in [0.15, 0.2) is 0 Å². The van der Waals surface area contributed by atoms with Crippen molar-refractivity contribution >= 4 is 5.91 Å². The van der Waals surface area contributed by atoms with Crippen molar-refractivity contribution in [3.05, 3.63) is 29.6 Å². The lowest BCUT2D eigenvalue weighted by atomic mass is 10.2. The molecule has 1 aromatic rings. The lowest BCUT2D eigenvalue weighted by molar-refractivity contribution is 0.0942. The number of nitrogens with zero attached hydrogens (tertiary/aromatic N) is 1. The van der Waals surface area contributed by atoms with Gasteiger partial charge >= 0.3 is 0 Å². The Morgan fingerprint density at radius 2 is 2.29 bits per heavy atom. The van der Waals surface area contributed by atoms with E-state index < -0.39 is 0 Å². The van der Waals surface area contributed by atoms with E-state index in [2.05, 4.69) is 10.3 Å². The second-order valence-corrected chi connectivity index (χ2v) is 3.37. The Balaban J connectivity index is 2.71. The van der Waals surface area contributed by atoms with Crippen molar-refractivity contribution in [2.75, 3.05) is 0 Å². The van der Waals surface area contributed by atoms with Crippen LogP contribution in [0.3, 0.4) is 0 Å². The van der Waals surface area contributed by atoms with Gasteiger partial charge in [-0.25, -0.2) is 0 Å². The lowest BCUT2D eigenvalue weighted by Crippen LogP contribution is -2.30. The molecule has 76 valence electrons. The van der Waals surface area contributed by atoms with Crippen molar-refractivity contribution in [2.45, 2.75) is 26.4 Å². The fraction of sp³-hybridized carbons (Fsp3) is 0.400. The number of carbonyl (C=O) groups excluding carboxylic acids is 1. The highest BCUT2D eigenvalue weighted by Gasteiger charge is 2.06. The predicted octanol–water partition coefficient (Wildman–Crippen LogP) is 0.679. The second-order valence-electron chi connectivity index (χ2n) is 3.37. The first-order chi connectivity index (χ1) is 6.63. The molecule has 0 aromatic carbocycles. The molecular weight excluding hydrogens is 178 g/mol. The highest BCUT2D eigenvalue weighted by Crippen LogP contribution is 2.00. The topological polar surface area (TPSA) is 68.0 Å². The van der Waals surface area contributed by atoms with Crippen LogP contribution in [-0.4, -0.2) is 16.9 Å². The molecule has 0 saturated carbocycles. The molecule has 0 aliphatic rings. The van der Waals surface area contributed by atoms with Crippen molar-refractivity contribution in [1.29, 1.82) is 0 Å².